The fourth-order valence-corrected chi connectivity index (χ4v) is 5.48. The van der Waals surface area contributed by atoms with Crippen LogP contribution in [0, 0.1) is 35.1 Å². The maximum atomic E-state index is 14.0. The van der Waals surface area contributed by atoms with E-state index in [1.165, 1.54) is 6.07 Å². The van der Waals surface area contributed by atoms with Crippen LogP contribution in [0.25, 0.3) is 0 Å². The van der Waals surface area contributed by atoms with E-state index in [9.17, 15) is 37.1 Å². The van der Waals surface area contributed by atoms with Gasteiger partial charge in [-0.2, -0.15) is 0 Å². The molecule has 312 valence electrons. The second-order valence-electron chi connectivity index (χ2n) is 16.1. The molecule has 2 aliphatic rings. The number of benzene rings is 2. The van der Waals surface area contributed by atoms with Crippen molar-refractivity contribution in [1.82, 2.24) is 5.32 Å². The zero-order valence-electron chi connectivity index (χ0n) is 33.4. The number of hydrogen-bond acceptors (Lipinski definition) is 11. The van der Waals surface area contributed by atoms with Crippen molar-refractivity contribution in [2.75, 3.05) is 32.9 Å². The Morgan fingerprint density at radius 3 is 1.40 bits per heavy atom. The molecule has 2 fully saturated rings. The van der Waals surface area contributed by atoms with Crippen LogP contribution in [-0.2, 0) is 29.8 Å². The van der Waals surface area contributed by atoms with Crippen LogP contribution in [0.2, 0.25) is 0 Å². The lowest BCUT2D eigenvalue weighted by atomic mass is 9.92. The van der Waals surface area contributed by atoms with Crippen LogP contribution in [0.1, 0.15) is 93.2 Å². The molecular weight excluding hydrogens is 732 g/mol. The van der Waals surface area contributed by atoms with E-state index in [2.05, 4.69) is 10.1 Å². The third kappa shape index (κ3) is 16.3. The van der Waals surface area contributed by atoms with Gasteiger partial charge >= 0.3 is 18.4 Å². The Bertz CT molecular complexity index is 1550. The minimum Gasteiger partial charge on any atom is -0.444 e. The van der Waals surface area contributed by atoms with E-state index in [1.807, 2.05) is 0 Å². The van der Waals surface area contributed by atoms with Gasteiger partial charge in [-0.25, -0.2) is 31.9 Å². The first-order chi connectivity index (χ1) is 25.2. The number of nitrogens with one attached hydrogen (secondary N) is 1. The number of aliphatic hydroxyl groups is 3. The van der Waals surface area contributed by atoms with Gasteiger partial charge in [-0.15, -0.1) is 0 Å². The monoisotopic (exact) mass is 790 g/mol. The number of carbonyl (C=O) groups excluding carboxylic acids is 3. The lowest BCUT2D eigenvalue weighted by molar-refractivity contribution is -0.0294. The van der Waals surface area contributed by atoms with Gasteiger partial charge in [0, 0.05) is 43.7 Å². The molecule has 4 rings (SSSR count). The van der Waals surface area contributed by atoms with Crippen molar-refractivity contribution in [3.8, 4) is 0 Å². The van der Waals surface area contributed by atoms with E-state index < -0.39 is 69.3 Å². The zero-order valence-corrected chi connectivity index (χ0v) is 33.4. The molecule has 6 N–H and O–H groups in total. The lowest BCUT2D eigenvalue weighted by Gasteiger charge is -2.23. The summed E-state index contributed by atoms with van der Waals surface area (Å²) in [6.07, 6.45) is -1.62. The van der Waals surface area contributed by atoms with E-state index >= 15 is 0 Å². The maximum Gasteiger partial charge on any atom is 0.519 e. The minimum absolute atomic E-state index is 0.0346. The van der Waals surface area contributed by atoms with Crippen LogP contribution >= 0.6 is 0 Å². The molecule has 1 amide bonds. The normalized spacial score (nSPS) is 21.1. The van der Waals surface area contributed by atoms with Crippen molar-refractivity contribution in [1.29, 1.82) is 0 Å². The summed E-state index contributed by atoms with van der Waals surface area (Å²) in [4.78, 5) is 33.8. The van der Waals surface area contributed by atoms with Crippen LogP contribution < -0.4 is 11.1 Å². The van der Waals surface area contributed by atoms with Gasteiger partial charge in [0.1, 0.15) is 40.1 Å². The first kappa shape index (κ1) is 49.0. The fourth-order valence-electron chi connectivity index (χ4n) is 5.48. The predicted octanol–water partition coefficient (Wildman–Crippen LogP) is 6.78. The highest BCUT2D eigenvalue weighted by molar-refractivity contribution is 5.77. The van der Waals surface area contributed by atoms with Crippen molar-refractivity contribution in [3.05, 3.63) is 70.8 Å². The van der Waals surface area contributed by atoms with Crippen LogP contribution in [-0.4, -0.2) is 83.4 Å². The van der Waals surface area contributed by atoms with Crippen molar-refractivity contribution in [2.24, 2.45) is 17.6 Å². The van der Waals surface area contributed by atoms with Crippen LogP contribution in [0.15, 0.2) is 36.4 Å². The number of ether oxygens (including phenoxy) is 4. The smallest absolute Gasteiger partial charge is 0.444 e. The summed E-state index contributed by atoms with van der Waals surface area (Å²) in [5.74, 6) is -2.25. The van der Waals surface area contributed by atoms with E-state index in [-0.39, 0.29) is 50.3 Å². The van der Waals surface area contributed by atoms with Crippen LogP contribution in [0.5, 0.6) is 0 Å². The molecule has 0 aliphatic heterocycles. The second-order valence-corrected chi connectivity index (χ2v) is 16.1. The van der Waals surface area contributed by atoms with Crippen molar-refractivity contribution < 1.29 is 66.2 Å². The Morgan fingerprint density at radius 2 is 1.07 bits per heavy atom. The van der Waals surface area contributed by atoms with Gasteiger partial charge in [0.25, 0.3) is 0 Å². The molecule has 0 saturated heterocycles. The van der Waals surface area contributed by atoms with Crippen molar-refractivity contribution >= 4 is 18.4 Å². The Balaban J connectivity index is 0.000000408. The predicted molar refractivity (Wildman–Crippen MR) is 196 cm³/mol. The van der Waals surface area contributed by atoms with Crippen LogP contribution in [0.3, 0.4) is 0 Å². The van der Waals surface area contributed by atoms with Gasteiger partial charge in [-0.1, -0.05) is 0 Å². The van der Waals surface area contributed by atoms with Gasteiger partial charge in [0.2, 0.25) is 0 Å². The molecule has 2 saturated carbocycles. The summed E-state index contributed by atoms with van der Waals surface area (Å²) in [6.45, 7) is 17.3. The largest absolute Gasteiger partial charge is 0.519 e. The van der Waals surface area contributed by atoms with E-state index in [1.54, 1.807) is 69.2 Å². The molecule has 0 aromatic heterocycles. The van der Waals surface area contributed by atoms with Crippen molar-refractivity contribution in [2.45, 2.75) is 110 Å². The highest BCUT2D eigenvalue weighted by Crippen LogP contribution is 2.55. The average Bonchev–Trinajstić information content (AvgIpc) is 3.94. The van der Waals surface area contributed by atoms with Crippen LogP contribution in [0.4, 0.5) is 31.9 Å². The van der Waals surface area contributed by atoms with E-state index in [0.717, 1.165) is 30.3 Å². The fraction of sp³-hybridized carbons (Fsp3) is 0.615. The molecule has 2 aliphatic carbocycles. The second kappa shape index (κ2) is 20.3. The Labute approximate surface area is 320 Å². The number of aliphatic hydroxyl groups excluding tert-OH is 3. The summed E-state index contributed by atoms with van der Waals surface area (Å²) in [5, 5.41) is 28.5. The number of hydrogen-bond donors (Lipinski definition) is 5. The number of amides is 1. The SMILES string of the molecule is CC(C)(C)OC(=O)NC[C@@]1(c2cc(F)ccc2F)C[C@H]1CO.CC(C)(C)OC(=O)OC(=O)OC(C)(C)C.CCO.NC[C@@]1(c2cc(F)ccc2F)C[C@H]1CO. The summed E-state index contributed by atoms with van der Waals surface area (Å²) in [5.41, 5.74) is 2.70. The third-order valence-corrected chi connectivity index (χ3v) is 8.09. The zero-order chi connectivity index (χ0) is 42.6. The molecule has 0 heterocycles. The molecule has 0 unspecified atom stereocenters. The number of carbonyl (C=O) groups is 3. The van der Waals surface area contributed by atoms with E-state index in [4.69, 9.17) is 30.2 Å². The molecule has 0 spiro atoms. The summed E-state index contributed by atoms with van der Waals surface area (Å²) in [6, 6.07) is 6.60. The number of rotatable bonds is 7. The Morgan fingerprint density at radius 1 is 0.709 bits per heavy atom. The lowest BCUT2D eigenvalue weighted by Crippen LogP contribution is -2.38. The Hall–Kier alpha value is -3.99. The van der Waals surface area contributed by atoms with Gasteiger partial charge in [0.05, 0.1) is 0 Å². The van der Waals surface area contributed by atoms with Gasteiger partial charge < -0.3 is 45.3 Å². The summed E-state index contributed by atoms with van der Waals surface area (Å²) in [7, 11) is 0. The summed E-state index contributed by atoms with van der Waals surface area (Å²) < 4.78 is 72.9. The molecule has 0 bridgehead atoms. The summed E-state index contributed by atoms with van der Waals surface area (Å²) >= 11 is 0. The topological polar surface area (TPSA) is 187 Å². The molecule has 12 nitrogen and oxygen atoms in total. The molecule has 0 radical (unpaired) electrons. The van der Waals surface area contributed by atoms with Gasteiger partial charge in [0.15, 0.2) is 0 Å². The molecule has 16 heteroatoms. The highest BCUT2D eigenvalue weighted by Gasteiger charge is 2.56. The average molecular weight is 791 g/mol. The van der Waals surface area contributed by atoms with E-state index in [0.29, 0.717) is 18.4 Å². The van der Waals surface area contributed by atoms with Gasteiger partial charge in [-0.3, -0.25) is 0 Å². The standard InChI is InChI=1S/C16H21F2NO3.C11H13F2NO.C10H18O5.C2H6O/c1-15(2,3)22-14(21)19-9-16(7-10(16)8-20)12-6-11(17)4-5-13(12)18;12-8-1-2-10(13)9(3-8)11(6-14)4-7(11)5-15;1-9(2,3)14-7(11)13-8(12)15-10(4,5)6;1-2-3/h4-6,10,20H,7-9H2,1-3H3,(H,19,21);1-3,7,15H,4-6,14H2;1-6H3;3H,2H2,1H3/t10-,16-;7-,11-;;/m00../s1. The molecular formula is C39H58F4N2O10. The molecule has 4 atom stereocenters. The minimum atomic E-state index is -1.06. The maximum absolute atomic E-state index is 14.0. The highest BCUT2D eigenvalue weighted by atomic mass is 19.1. The Kier molecular flexibility index (Phi) is 18.1. The quantitative estimate of drug-likeness (QED) is 0.0861. The molecule has 2 aromatic rings. The number of nitrogens with two attached hydrogens (primary N) is 1. The third-order valence-electron chi connectivity index (χ3n) is 8.09. The number of alkyl carbamates (subject to hydrolysis) is 1. The van der Waals surface area contributed by atoms with Gasteiger partial charge in [-0.05, 0) is 141 Å². The number of halogens is 4. The first-order valence-corrected chi connectivity index (χ1v) is 17.8. The molecule has 2 aromatic carbocycles. The molecule has 55 heavy (non-hydrogen) atoms. The first-order valence-electron chi connectivity index (χ1n) is 17.8. The van der Waals surface area contributed by atoms with Crippen molar-refractivity contribution in [3.63, 3.8) is 0 Å².